The molecule has 0 aromatic rings. The highest BCUT2D eigenvalue weighted by Gasteiger charge is 2.38. The summed E-state index contributed by atoms with van der Waals surface area (Å²) in [7, 11) is 0. The lowest BCUT2D eigenvalue weighted by Crippen LogP contribution is -2.11. The van der Waals surface area contributed by atoms with Crippen LogP contribution in [0.15, 0.2) is 12.2 Å². The molecule has 0 bridgehead atoms. The van der Waals surface area contributed by atoms with Crippen molar-refractivity contribution in [1.29, 1.82) is 0 Å². The molecule has 1 fully saturated rings. The van der Waals surface area contributed by atoms with Crippen molar-refractivity contribution in [3.8, 4) is 0 Å². The van der Waals surface area contributed by atoms with Gasteiger partial charge in [0.1, 0.15) is 12.7 Å². The molecule has 15 heavy (non-hydrogen) atoms. The van der Waals surface area contributed by atoms with Crippen LogP contribution in [0.2, 0.25) is 0 Å². The van der Waals surface area contributed by atoms with E-state index in [1.54, 1.807) is 6.92 Å². The van der Waals surface area contributed by atoms with E-state index in [2.05, 4.69) is 6.58 Å². The molecule has 0 aromatic heterocycles. The standard InChI is InChI=1S/C11H18O4/c1-8(2)11(13)14-7-10-9(15-10)5-3-4-6-12/h9-10,12H,1,3-7H2,2H3. The molecule has 86 valence electrons. The first kappa shape index (κ1) is 12.2. The smallest absolute Gasteiger partial charge is 0.333 e. The average molecular weight is 214 g/mol. The summed E-state index contributed by atoms with van der Waals surface area (Å²) in [5, 5.41) is 8.58. The number of ether oxygens (including phenoxy) is 2. The minimum atomic E-state index is -0.361. The fraction of sp³-hybridized carbons (Fsp3) is 0.727. The Hall–Kier alpha value is -0.870. The average Bonchev–Trinajstić information content (AvgIpc) is 2.93. The Bertz CT molecular complexity index is 237. The highest BCUT2D eigenvalue weighted by molar-refractivity contribution is 5.86. The first-order valence-electron chi connectivity index (χ1n) is 5.24. The summed E-state index contributed by atoms with van der Waals surface area (Å²) in [4.78, 5) is 11.0. The van der Waals surface area contributed by atoms with Crippen molar-refractivity contribution in [2.45, 2.75) is 38.4 Å². The Labute approximate surface area is 89.9 Å². The van der Waals surface area contributed by atoms with Gasteiger partial charge < -0.3 is 14.6 Å². The molecule has 0 amide bonds. The molecule has 0 saturated carbocycles. The number of carbonyl (C=O) groups is 1. The van der Waals surface area contributed by atoms with E-state index in [-0.39, 0.29) is 24.8 Å². The van der Waals surface area contributed by atoms with Crippen molar-refractivity contribution < 1.29 is 19.4 Å². The van der Waals surface area contributed by atoms with Crippen LogP contribution < -0.4 is 0 Å². The van der Waals surface area contributed by atoms with E-state index in [1.165, 1.54) is 0 Å². The van der Waals surface area contributed by atoms with Crippen LogP contribution in [0.25, 0.3) is 0 Å². The summed E-state index contributed by atoms with van der Waals surface area (Å²) in [5.41, 5.74) is 0.410. The molecule has 4 nitrogen and oxygen atoms in total. The molecule has 2 atom stereocenters. The zero-order chi connectivity index (χ0) is 11.3. The summed E-state index contributed by atoms with van der Waals surface area (Å²) in [6, 6.07) is 0. The van der Waals surface area contributed by atoms with Crippen LogP contribution in [0.4, 0.5) is 0 Å². The monoisotopic (exact) mass is 214 g/mol. The summed E-state index contributed by atoms with van der Waals surface area (Å²) in [6.45, 7) is 5.65. The molecule has 1 aliphatic rings. The predicted molar refractivity (Wildman–Crippen MR) is 55.4 cm³/mol. The quantitative estimate of drug-likeness (QED) is 0.298. The minimum absolute atomic E-state index is 0.0481. The number of rotatable bonds is 7. The summed E-state index contributed by atoms with van der Waals surface area (Å²) in [6.07, 6.45) is 2.93. The van der Waals surface area contributed by atoms with E-state index in [0.29, 0.717) is 12.2 Å². The highest BCUT2D eigenvalue weighted by atomic mass is 16.6. The third-order valence-electron chi connectivity index (χ3n) is 2.31. The van der Waals surface area contributed by atoms with Crippen molar-refractivity contribution in [3.05, 3.63) is 12.2 Å². The van der Waals surface area contributed by atoms with Crippen molar-refractivity contribution in [2.75, 3.05) is 13.2 Å². The largest absolute Gasteiger partial charge is 0.459 e. The maximum Gasteiger partial charge on any atom is 0.333 e. The fourth-order valence-electron chi connectivity index (χ4n) is 1.32. The van der Waals surface area contributed by atoms with Gasteiger partial charge in [0.05, 0.1) is 6.10 Å². The van der Waals surface area contributed by atoms with E-state index in [0.717, 1.165) is 19.3 Å². The molecule has 0 aliphatic carbocycles. The SMILES string of the molecule is C=C(C)C(=O)OCC1OC1CCCCO. The number of epoxide rings is 1. The lowest BCUT2D eigenvalue weighted by Gasteiger charge is -2.00. The second-order valence-electron chi connectivity index (χ2n) is 3.81. The van der Waals surface area contributed by atoms with Crippen LogP contribution in [0, 0.1) is 0 Å². The Kier molecular flexibility index (Phi) is 4.78. The van der Waals surface area contributed by atoms with Gasteiger partial charge in [-0.05, 0) is 26.2 Å². The van der Waals surface area contributed by atoms with Gasteiger partial charge in [-0.3, -0.25) is 0 Å². The third-order valence-corrected chi connectivity index (χ3v) is 2.31. The van der Waals surface area contributed by atoms with Gasteiger partial charge in [-0.25, -0.2) is 4.79 Å². The van der Waals surface area contributed by atoms with Crippen molar-refractivity contribution in [1.82, 2.24) is 0 Å². The van der Waals surface area contributed by atoms with Gasteiger partial charge in [-0.15, -0.1) is 0 Å². The maximum atomic E-state index is 11.0. The minimum Gasteiger partial charge on any atom is -0.459 e. The van der Waals surface area contributed by atoms with Crippen LogP contribution in [0.1, 0.15) is 26.2 Å². The second kappa shape index (κ2) is 5.88. The van der Waals surface area contributed by atoms with Crippen LogP contribution in [-0.4, -0.2) is 36.5 Å². The Morgan fingerprint density at radius 3 is 2.80 bits per heavy atom. The van der Waals surface area contributed by atoms with E-state index < -0.39 is 0 Å². The summed E-state index contributed by atoms with van der Waals surface area (Å²) in [5.74, 6) is -0.361. The lowest BCUT2D eigenvalue weighted by atomic mass is 10.1. The number of aliphatic hydroxyl groups is 1. The molecule has 4 heteroatoms. The third kappa shape index (κ3) is 4.44. The van der Waals surface area contributed by atoms with Gasteiger partial charge in [0.25, 0.3) is 0 Å². The zero-order valence-corrected chi connectivity index (χ0v) is 9.07. The van der Waals surface area contributed by atoms with Gasteiger partial charge in [-0.1, -0.05) is 6.58 Å². The van der Waals surface area contributed by atoms with Crippen LogP contribution in [0.3, 0.4) is 0 Å². The normalized spacial score (nSPS) is 23.6. The van der Waals surface area contributed by atoms with Gasteiger partial charge >= 0.3 is 5.97 Å². The first-order valence-corrected chi connectivity index (χ1v) is 5.24. The van der Waals surface area contributed by atoms with E-state index >= 15 is 0 Å². The number of hydrogen-bond donors (Lipinski definition) is 1. The van der Waals surface area contributed by atoms with Gasteiger partial charge in [0, 0.05) is 12.2 Å². The fourth-order valence-corrected chi connectivity index (χ4v) is 1.32. The number of hydrogen-bond acceptors (Lipinski definition) is 4. The van der Waals surface area contributed by atoms with Gasteiger partial charge in [-0.2, -0.15) is 0 Å². The molecule has 1 rings (SSSR count). The molecular weight excluding hydrogens is 196 g/mol. The molecule has 0 aromatic carbocycles. The number of aliphatic hydroxyl groups excluding tert-OH is 1. The predicted octanol–water partition coefficient (Wildman–Crippen LogP) is 1.04. The van der Waals surface area contributed by atoms with Gasteiger partial charge in [0.15, 0.2) is 0 Å². The molecule has 0 spiro atoms. The first-order chi connectivity index (χ1) is 7.15. The lowest BCUT2D eigenvalue weighted by molar-refractivity contribution is -0.139. The zero-order valence-electron chi connectivity index (χ0n) is 9.07. The van der Waals surface area contributed by atoms with Crippen molar-refractivity contribution in [2.24, 2.45) is 0 Å². The van der Waals surface area contributed by atoms with Crippen LogP contribution >= 0.6 is 0 Å². The van der Waals surface area contributed by atoms with E-state index in [1.807, 2.05) is 0 Å². The Morgan fingerprint density at radius 2 is 2.20 bits per heavy atom. The molecule has 1 heterocycles. The second-order valence-corrected chi connectivity index (χ2v) is 3.81. The van der Waals surface area contributed by atoms with Crippen LogP contribution in [-0.2, 0) is 14.3 Å². The number of carbonyl (C=O) groups excluding carboxylic acids is 1. The molecule has 2 unspecified atom stereocenters. The van der Waals surface area contributed by atoms with Crippen molar-refractivity contribution >= 4 is 5.97 Å². The Morgan fingerprint density at radius 1 is 1.47 bits per heavy atom. The maximum absolute atomic E-state index is 11.0. The van der Waals surface area contributed by atoms with E-state index in [4.69, 9.17) is 14.6 Å². The van der Waals surface area contributed by atoms with E-state index in [9.17, 15) is 4.79 Å². The summed E-state index contributed by atoms with van der Waals surface area (Å²) < 4.78 is 10.3. The number of esters is 1. The molecular formula is C11H18O4. The highest BCUT2D eigenvalue weighted by Crippen LogP contribution is 2.27. The molecule has 1 N–H and O–H groups in total. The summed E-state index contributed by atoms with van der Waals surface area (Å²) >= 11 is 0. The molecule has 1 saturated heterocycles. The van der Waals surface area contributed by atoms with Crippen LogP contribution in [0.5, 0.6) is 0 Å². The van der Waals surface area contributed by atoms with Crippen molar-refractivity contribution in [3.63, 3.8) is 0 Å². The molecule has 0 radical (unpaired) electrons. The molecule has 1 aliphatic heterocycles. The van der Waals surface area contributed by atoms with Gasteiger partial charge in [0.2, 0.25) is 0 Å². The Balaban J connectivity index is 2.02. The number of unbranched alkanes of at least 4 members (excludes halogenated alkanes) is 1. The topological polar surface area (TPSA) is 59.1 Å².